The molecule has 21 heavy (non-hydrogen) atoms. The fraction of sp³-hybridized carbons (Fsp3) is 0.200. The Balaban J connectivity index is 2.45. The number of hydrogen-bond donors (Lipinski definition) is 2. The molecule has 0 spiro atoms. The molecule has 0 saturated carbocycles. The quantitative estimate of drug-likeness (QED) is 0.470. The number of nitrogens with two attached hydrogens (primary N) is 1. The van der Waals surface area contributed by atoms with Gasteiger partial charge in [0.25, 0.3) is 0 Å². The van der Waals surface area contributed by atoms with Crippen molar-refractivity contribution in [1.82, 2.24) is 5.43 Å². The molecule has 0 aliphatic rings. The lowest BCUT2D eigenvalue weighted by Crippen LogP contribution is -2.34. The van der Waals surface area contributed by atoms with Gasteiger partial charge in [-0.2, -0.15) is 0 Å². The Hall–Kier alpha value is -0.980. The van der Waals surface area contributed by atoms with Gasteiger partial charge in [0.2, 0.25) is 0 Å². The Morgan fingerprint density at radius 2 is 1.90 bits per heavy atom. The van der Waals surface area contributed by atoms with Gasteiger partial charge in [-0.05, 0) is 27.6 Å². The third kappa shape index (κ3) is 3.44. The van der Waals surface area contributed by atoms with Crippen LogP contribution in [-0.4, -0.2) is 7.11 Å². The molecule has 3 N–H and O–H groups in total. The van der Waals surface area contributed by atoms with Crippen molar-refractivity contribution in [3.63, 3.8) is 0 Å². The standard InChI is InChI=1S/C15H15BrClFN2O/c1-21-15(9-5-3-2-4-6-9)14(20-19)10-7-8-11(16)12(17)13(10)18/h2-8,14-15,20H,19H2,1H3. The SMILES string of the molecule is COC(c1ccccc1)C(NN)c1ccc(Br)c(Cl)c1F. The second kappa shape index (κ2) is 7.33. The number of halogens is 3. The average Bonchev–Trinajstić information content (AvgIpc) is 2.52. The molecule has 6 heteroatoms. The van der Waals surface area contributed by atoms with Crippen molar-refractivity contribution in [3.05, 3.63) is 68.9 Å². The summed E-state index contributed by atoms with van der Waals surface area (Å²) in [7, 11) is 1.56. The lowest BCUT2D eigenvalue weighted by molar-refractivity contribution is 0.0664. The molecule has 0 aliphatic carbocycles. The minimum atomic E-state index is -0.567. The monoisotopic (exact) mass is 372 g/mol. The van der Waals surface area contributed by atoms with Crippen LogP contribution in [0.25, 0.3) is 0 Å². The molecule has 112 valence electrons. The number of rotatable bonds is 5. The van der Waals surface area contributed by atoms with Crippen molar-refractivity contribution < 1.29 is 9.13 Å². The zero-order chi connectivity index (χ0) is 15.4. The minimum Gasteiger partial charge on any atom is -0.375 e. The first-order valence-corrected chi connectivity index (χ1v) is 7.44. The molecule has 3 nitrogen and oxygen atoms in total. The van der Waals surface area contributed by atoms with Gasteiger partial charge in [0, 0.05) is 17.1 Å². The number of hydrogen-bond acceptors (Lipinski definition) is 3. The lowest BCUT2D eigenvalue weighted by Gasteiger charge is -2.27. The van der Waals surface area contributed by atoms with Gasteiger partial charge in [-0.1, -0.05) is 48.0 Å². The molecule has 2 aromatic carbocycles. The van der Waals surface area contributed by atoms with Crippen LogP contribution in [0.1, 0.15) is 23.3 Å². The van der Waals surface area contributed by atoms with E-state index in [1.165, 1.54) is 0 Å². The summed E-state index contributed by atoms with van der Waals surface area (Å²) < 4.78 is 20.4. The summed E-state index contributed by atoms with van der Waals surface area (Å²) in [6.45, 7) is 0. The van der Waals surface area contributed by atoms with Crippen LogP contribution < -0.4 is 11.3 Å². The van der Waals surface area contributed by atoms with E-state index < -0.39 is 18.0 Å². The largest absolute Gasteiger partial charge is 0.375 e. The van der Waals surface area contributed by atoms with Crippen LogP contribution in [0.5, 0.6) is 0 Å². The van der Waals surface area contributed by atoms with Crippen LogP contribution in [0.3, 0.4) is 0 Å². The van der Waals surface area contributed by atoms with Gasteiger partial charge in [0.15, 0.2) is 0 Å². The molecule has 0 heterocycles. The summed E-state index contributed by atoms with van der Waals surface area (Å²) in [5, 5.41) is 0.0238. The van der Waals surface area contributed by atoms with Gasteiger partial charge < -0.3 is 4.74 Å². The highest BCUT2D eigenvalue weighted by Gasteiger charge is 2.27. The molecular formula is C15H15BrClFN2O. The number of benzene rings is 2. The Morgan fingerprint density at radius 3 is 2.48 bits per heavy atom. The highest BCUT2D eigenvalue weighted by atomic mass is 79.9. The van der Waals surface area contributed by atoms with Crippen LogP contribution in [-0.2, 0) is 4.74 Å². The van der Waals surface area contributed by atoms with Gasteiger partial charge in [-0.3, -0.25) is 5.84 Å². The van der Waals surface area contributed by atoms with Crippen molar-refractivity contribution in [2.45, 2.75) is 12.1 Å². The summed E-state index contributed by atoms with van der Waals surface area (Å²) in [6.07, 6.45) is -0.442. The summed E-state index contributed by atoms with van der Waals surface area (Å²) in [6, 6.07) is 12.2. The van der Waals surface area contributed by atoms with E-state index in [1.54, 1.807) is 19.2 Å². The van der Waals surface area contributed by atoms with Gasteiger partial charge in [0.1, 0.15) is 11.9 Å². The van der Waals surface area contributed by atoms with Crippen molar-refractivity contribution >= 4 is 27.5 Å². The maximum Gasteiger partial charge on any atom is 0.147 e. The van der Waals surface area contributed by atoms with Crippen molar-refractivity contribution in [2.24, 2.45) is 5.84 Å². The van der Waals surface area contributed by atoms with E-state index >= 15 is 0 Å². The number of hydrazine groups is 1. The Bertz CT molecular complexity index is 612. The Labute approximate surface area is 136 Å². The van der Waals surface area contributed by atoms with Gasteiger partial charge in [0.05, 0.1) is 11.1 Å². The molecule has 2 atom stereocenters. The Morgan fingerprint density at radius 1 is 1.24 bits per heavy atom. The molecule has 2 rings (SSSR count). The molecule has 0 aromatic heterocycles. The molecule has 0 radical (unpaired) electrons. The molecular weight excluding hydrogens is 359 g/mol. The molecule has 0 amide bonds. The number of ether oxygens (including phenoxy) is 1. The van der Waals surface area contributed by atoms with Gasteiger partial charge >= 0.3 is 0 Å². The summed E-state index contributed by atoms with van der Waals surface area (Å²) in [5.74, 6) is 5.10. The maximum atomic E-state index is 14.4. The number of nitrogens with one attached hydrogen (secondary N) is 1. The van der Waals surface area contributed by atoms with E-state index in [0.29, 0.717) is 10.0 Å². The molecule has 0 saturated heterocycles. The third-order valence-electron chi connectivity index (χ3n) is 3.26. The minimum absolute atomic E-state index is 0.0238. The topological polar surface area (TPSA) is 47.3 Å². The molecule has 0 fully saturated rings. The van der Waals surface area contributed by atoms with Crippen LogP contribution in [0.4, 0.5) is 4.39 Å². The Kier molecular flexibility index (Phi) is 5.72. The normalized spacial score (nSPS) is 14.0. The van der Waals surface area contributed by atoms with E-state index in [9.17, 15) is 4.39 Å². The first-order chi connectivity index (χ1) is 10.1. The zero-order valence-electron chi connectivity index (χ0n) is 11.3. The molecule has 0 bridgehead atoms. The predicted molar refractivity (Wildman–Crippen MR) is 85.4 cm³/mol. The smallest absolute Gasteiger partial charge is 0.147 e. The van der Waals surface area contributed by atoms with Gasteiger partial charge in [-0.15, -0.1) is 0 Å². The van der Waals surface area contributed by atoms with Crippen LogP contribution >= 0.6 is 27.5 Å². The van der Waals surface area contributed by atoms with Crippen molar-refractivity contribution in [1.29, 1.82) is 0 Å². The molecule has 2 aromatic rings. The predicted octanol–water partition coefficient (Wildman–Crippen LogP) is 4.13. The zero-order valence-corrected chi connectivity index (χ0v) is 13.7. The highest BCUT2D eigenvalue weighted by Crippen LogP contribution is 2.36. The first kappa shape index (κ1) is 16.4. The van der Waals surface area contributed by atoms with Crippen LogP contribution in [0.2, 0.25) is 5.02 Å². The second-order valence-electron chi connectivity index (χ2n) is 4.48. The van der Waals surface area contributed by atoms with Crippen LogP contribution in [0, 0.1) is 5.82 Å². The van der Waals surface area contributed by atoms with Gasteiger partial charge in [-0.25, -0.2) is 9.82 Å². The van der Waals surface area contributed by atoms with Crippen LogP contribution in [0.15, 0.2) is 46.9 Å². The summed E-state index contributed by atoms with van der Waals surface area (Å²) in [4.78, 5) is 0. The van der Waals surface area contributed by atoms with E-state index in [1.807, 2.05) is 30.3 Å². The van der Waals surface area contributed by atoms with E-state index in [2.05, 4.69) is 21.4 Å². The lowest BCUT2D eigenvalue weighted by atomic mass is 9.95. The molecule has 0 aliphatic heterocycles. The maximum absolute atomic E-state index is 14.4. The average molecular weight is 374 g/mol. The number of methoxy groups -OCH3 is 1. The molecule has 2 unspecified atom stereocenters. The fourth-order valence-electron chi connectivity index (χ4n) is 2.23. The second-order valence-corrected chi connectivity index (χ2v) is 5.71. The van der Waals surface area contributed by atoms with E-state index in [4.69, 9.17) is 22.2 Å². The fourth-order valence-corrected chi connectivity index (χ4v) is 2.71. The third-order valence-corrected chi connectivity index (χ3v) is 4.52. The van der Waals surface area contributed by atoms with E-state index in [0.717, 1.165) is 5.56 Å². The summed E-state index contributed by atoms with van der Waals surface area (Å²) in [5.41, 5.74) is 3.86. The van der Waals surface area contributed by atoms with Crippen molar-refractivity contribution in [3.8, 4) is 0 Å². The first-order valence-electron chi connectivity index (χ1n) is 6.27. The van der Waals surface area contributed by atoms with E-state index in [-0.39, 0.29) is 5.02 Å². The highest BCUT2D eigenvalue weighted by molar-refractivity contribution is 9.10. The van der Waals surface area contributed by atoms with Crippen molar-refractivity contribution in [2.75, 3.05) is 7.11 Å². The summed E-state index contributed by atoms with van der Waals surface area (Å²) >= 11 is 9.14.